The normalized spacial score (nSPS) is 19.3. The number of nitrogens with zero attached hydrogens (tertiary/aromatic N) is 4. The van der Waals surface area contributed by atoms with E-state index in [0.717, 1.165) is 18.2 Å². The lowest BCUT2D eigenvalue weighted by molar-refractivity contribution is -0.137. The van der Waals surface area contributed by atoms with Crippen LogP contribution >= 0.6 is 11.3 Å². The fraction of sp³-hybridized carbons (Fsp3) is 0.320. The molecule has 0 bridgehead atoms. The summed E-state index contributed by atoms with van der Waals surface area (Å²) < 4.78 is 85.0. The molecule has 0 saturated carbocycles. The molecule has 13 heteroatoms. The van der Waals surface area contributed by atoms with Crippen molar-refractivity contribution in [2.24, 2.45) is 11.8 Å². The van der Waals surface area contributed by atoms with Crippen LogP contribution in [-0.2, 0) is 10.9 Å². The topological polar surface area (TPSA) is 97.3 Å². The largest absolute Gasteiger partial charge is 0.467 e. The summed E-state index contributed by atoms with van der Waals surface area (Å²) in [6, 6.07) is 4.35. The van der Waals surface area contributed by atoms with Gasteiger partial charge in [0.2, 0.25) is 0 Å². The summed E-state index contributed by atoms with van der Waals surface area (Å²) in [7, 11) is 1.28. The molecule has 2 saturated heterocycles. The second-order valence-electron chi connectivity index (χ2n) is 9.26. The number of alkyl halides is 3. The zero-order chi connectivity index (χ0) is 26.9. The summed E-state index contributed by atoms with van der Waals surface area (Å²) in [6.07, 6.45) is -5.01. The van der Waals surface area contributed by atoms with Crippen LogP contribution < -0.4 is 15.4 Å². The Morgan fingerprint density at radius 1 is 1.18 bits per heavy atom. The van der Waals surface area contributed by atoms with Gasteiger partial charge in [-0.15, -0.1) is 11.3 Å². The minimum absolute atomic E-state index is 0.0848. The molecule has 2 aromatic heterocycles. The van der Waals surface area contributed by atoms with Crippen LogP contribution in [0.25, 0.3) is 32.1 Å². The molecule has 196 valence electrons. The van der Waals surface area contributed by atoms with Crippen molar-refractivity contribution in [2.45, 2.75) is 6.18 Å². The summed E-state index contributed by atoms with van der Waals surface area (Å²) in [6.45, 7) is 2.00. The SMILES string of the molecule is COc1nc(N2CC3COCC3C2)c2cc(C(F)(F)F)c(-c3ccc(F)c4sc(N)c(C#N)c34)c(F)c2n1. The summed E-state index contributed by atoms with van der Waals surface area (Å²) >= 11 is 0.709. The molecule has 0 radical (unpaired) electrons. The van der Waals surface area contributed by atoms with Crippen molar-refractivity contribution in [3.8, 4) is 23.2 Å². The minimum atomic E-state index is -5.01. The number of nitriles is 1. The van der Waals surface area contributed by atoms with E-state index in [4.69, 9.17) is 15.2 Å². The van der Waals surface area contributed by atoms with Crippen molar-refractivity contribution < 1.29 is 31.4 Å². The number of anilines is 2. The van der Waals surface area contributed by atoms with Crippen LogP contribution in [-0.4, -0.2) is 43.4 Å². The van der Waals surface area contributed by atoms with Gasteiger partial charge in [-0.1, -0.05) is 6.07 Å². The van der Waals surface area contributed by atoms with Crippen LogP contribution in [0.3, 0.4) is 0 Å². The number of thiophene rings is 1. The average Bonchev–Trinajstić information content (AvgIpc) is 3.57. The summed E-state index contributed by atoms with van der Waals surface area (Å²) in [4.78, 5) is 10.2. The first-order valence-electron chi connectivity index (χ1n) is 11.5. The van der Waals surface area contributed by atoms with E-state index in [1.165, 1.54) is 7.11 Å². The highest BCUT2D eigenvalue weighted by molar-refractivity contribution is 7.23. The van der Waals surface area contributed by atoms with Crippen molar-refractivity contribution in [1.82, 2.24) is 9.97 Å². The minimum Gasteiger partial charge on any atom is -0.467 e. The maximum atomic E-state index is 16.3. The molecular formula is C25H18F5N5O2S. The van der Waals surface area contributed by atoms with Crippen molar-refractivity contribution in [2.75, 3.05) is 44.0 Å². The maximum Gasteiger partial charge on any atom is 0.417 e. The monoisotopic (exact) mass is 547 g/mol. The lowest BCUT2D eigenvalue weighted by Crippen LogP contribution is -2.24. The van der Waals surface area contributed by atoms with Crippen LogP contribution in [0.15, 0.2) is 18.2 Å². The van der Waals surface area contributed by atoms with Crippen molar-refractivity contribution >= 4 is 43.1 Å². The van der Waals surface area contributed by atoms with E-state index in [9.17, 15) is 22.8 Å². The van der Waals surface area contributed by atoms with Gasteiger partial charge < -0.3 is 20.1 Å². The number of hydrogen-bond donors (Lipinski definition) is 1. The molecule has 4 heterocycles. The zero-order valence-corrected chi connectivity index (χ0v) is 20.5. The number of halogens is 5. The highest BCUT2D eigenvalue weighted by atomic mass is 32.1. The Bertz CT molecular complexity index is 1650. The first-order valence-corrected chi connectivity index (χ1v) is 12.3. The fourth-order valence-electron chi connectivity index (χ4n) is 5.38. The van der Waals surface area contributed by atoms with E-state index in [2.05, 4.69) is 9.97 Å². The second-order valence-corrected chi connectivity index (χ2v) is 10.3. The number of ether oxygens (including phenoxy) is 2. The molecule has 0 amide bonds. The van der Waals surface area contributed by atoms with E-state index in [-0.39, 0.29) is 60.8 Å². The van der Waals surface area contributed by atoms with Gasteiger partial charge in [0.05, 0.1) is 36.2 Å². The number of aromatic nitrogens is 2. The standard InChI is InChI=1S/C25H18F5N5O2S/c1-36-24-33-20-13(23(34-24)35-6-10-8-37-9-11(10)7-35)4-15(25(28,29)30)18(19(20)27)12-2-3-16(26)21-17(12)14(5-31)22(32)38-21/h2-4,10-11H,6-9,32H2,1H3. The molecule has 0 aliphatic carbocycles. The number of nitrogens with two attached hydrogens (primary N) is 1. The third-order valence-electron chi connectivity index (χ3n) is 7.12. The number of rotatable bonds is 3. The predicted molar refractivity (Wildman–Crippen MR) is 131 cm³/mol. The van der Waals surface area contributed by atoms with E-state index in [0.29, 0.717) is 37.6 Å². The van der Waals surface area contributed by atoms with E-state index in [1.54, 1.807) is 11.0 Å². The number of nitrogen functional groups attached to an aromatic ring is 1. The van der Waals surface area contributed by atoms with Gasteiger partial charge in [0.25, 0.3) is 0 Å². The van der Waals surface area contributed by atoms with Crippen molar-refractivity contribution in [3.63, 3.8) is 0 Å². The number of fused-ring (bicyclic) bond motifs is 3. The Balaban J connectivity index is 1.68. The van der Waals surface area contributed by atoms with Crippen LogP contribution in [0.5, 0.6) is 6.01 Å². The molecular weight excluding hydrogens is 529 g/mol. The van der Waals surface area contributed by atoms with Gasteiger partial charge in [0.1, 0.15) is 28.2 Å². The molecule has 7 nitrogen and oxygen atoms in total. The maximum absolute atomic E-state index is 16.3. The van der Waals surface area contributed by atoms with Crippen LogP contribution in [0.4, 0.5) is 32.8 Å². The lowest BCUT2D eigenvalue weighted by Gasteiger charge is -2.23. The molecule has 2 aliphatic rings. The Labute approximate surface area is 216 Å². The summed E-state index contributed by atoms with van der Waals surface area (Å²) in [5.41, 5.74) is 2.77. The Hall–Kier alpha value is -3.76. The number of benzene rings is 2. The average molecular weight is 548 g/mol. The molecule has 2 atom stereocenters. The molecule has 2 fully saturated rings. The Morgan fingerprint density at radius 2 is 1.89 bits per heavy atom. The summed E-state index contributed by atoms with van der Waals surface area (Å²) in [5, 5.41) is 9.21. The highest BCUT2D eigenvalue weighted by Gasteiger charge is 2.41. The van der Waals surface area contributed by atoms with Crippen molar-refractivity contribution in [1.29, 1.82) is 5.26 Å². The van der Waals surface area contributed by atoms with Crippen LogP contribution in [0.1, 0.15) is 11.1 Å². The molecule has 4 aromatic rings. The molecule has 0 spiro atoms. The van der Waals surface area contributed by atoms with Gasteiger partial charge in [-0.2, -0.15) is 28.4 Å². The van der Waals surface area contributed by atoms with Crippen molar-refractivity contribution in [3.05, 3.63) is 41.0 Å². The molecule has 2 aliphatic heterocycles. The fourth-order valence-corrected chi connectivity index (χ4v) is 6.33. The lowest BCUT2D eigenvalue weighted by atomic mass is 9.92. The van der Waals surface area contributed by atoms with E-state index < -0.39 is 28.9 Å². The van der Waals surface area contributed by atoms with E-state index >= 15 is 4.39 Å². The quantitative estimate of drug-likeness (QED) is 0.345. The van der Waals surface area contributed by atoms with Gasteiger partial charge in [0, 0.05) is 41.3 Å². The Kier molecular flexibility index (Phi) is 5.59. The molecule has 2 N–H and O–H groups in total. The van der Waals surface area contributed by atoms with Gasteiger partial charge in [0.15, 0.2) is 5.82 Å². The first-order chi connectivity index (χ1) is 18.1. The zero-order valence-electron chi connectivity index (χ0n) is 19.7. The number of hydrogen-bond acceptors (Lipinski definition) is 8. The number of methoxy groups -OCH3 is 1. The molecule has 6 rings (SSSR count). The third-order valence-corrected chi connectivity index (χ3v) is 8.14. The van der Waals surface area contributed by atoms with Gasteiger partial charge in [-0.25, -0.2) is 8.78 Å². The van der Waals surface area contributed by atoms with Gasteiger partial charge in [-0.3, -0.25) is 0 Å². The van der Waals surface area contributed by atoms with Gasteiger partial charge in [-0.05, 0) is 17.7 Å². The van der Waals surface area contributed by atoms with Gasteiger partial charge >= 0.3 is 12.2 Å². The van der Waals surface area contributed by atoms with E-state index in [1.807, 2.05) is 0 Å². The van der Waals surface area contributed by atoms with Crippen LogP contribution in [0.2, 0.25) is 0 Å². The summed E-state index contributed by atoms with van der Waals surface area (Å²) in [5.74, 6) is -1.59. The second kappa shape index (κ2) is 8.64. The molecule has 2 aromatic carbocycles. The van der Waals surface area contributed by atoms with Crippen LogP contribution in [0, 0.1) is 34.8 Å². The first kappa shape index (κ1) is 24.6. The Morgan fingerprint density at radius 3 is 2.53 bits per heavy atom. The molecule has 38 heavy (non-hydrogen) atoms. The highest BCUT2D eigenvalue weighted by Crippen LogP contribution is 2.48. The third kappa shape index (κ3) is 3.62. The predicted octanol–water partition coefficient (Wildman–Crippen LogP) is 5.35. The smallest absolute Gasteiger partial charge is 0.417 e. The molecule has 2 unspecified atom stereocenters.